The van der Waals surface area contributed by atoms with Crippen LogP contribution >= 0.6 is 23.4 Å². The van der Waals surface area contributed by atoms with Crippen LogP contribution in [0.3, 0.4) is 0 Å². The largest absolute Gasteiger partial charge is 0.325 e. The number of thioether (sulfide) groups is 1. The van der Waals surface area contributed by atoms with Gasteiger partial charge in [0.05, 0.1) is 5.75 Å². The Kier molecular flexibility index (Phi) is 5.17. The SMILES string of the molecule is O=C(CSc1nccn1-c1cccc(Cl)c1)Nc1ccc(F)cc1. The van der Waals surface area contributed by atoms with E-state index in [0.717, 1.165) is 5.69 Å². The fourth-order valence-electron chi connectivity index (χ4n) is 2.08. The smallest absolute Gasteiger partial charge is 0.234 e. The van der Waals surface area contributed by atoms with E-state index in [1.54, 1.807) is 12.3 Å². The van der Waals surface area contributed by atoms with Gasteiger partial charge in [-0.25, -0.2) is 9.37 Å². The van der Waals surface area contributed by atoms with Crippen molar-refractivity contribution in [1.82, 2.24) is 9.55 Å². The van der Waals surface area contributed by atoms with E-state index in [1.165, 1.54) is 36.0 Å². The summed E-state index contributed by atoms with van der Waals surface area (Å²) in [6.45, 7) is 0. The average Bonchev–Trinajstić information content (AvgIpc) is 3.04. The van der Waals surface area contributed by atoms with Gasteiger partial charge >= 0.3 is 0 Å². The maximum Gasteiger partial charge on any atom is 0.234 e. The van der Waals surface area contributed by atoms with Crippen molar-refractivity contribution >= 4 is 35.0 Å². The monoisotopic (exact) mass is 361 g/mol. The van der Waals surface area contributed by atoms with Crippen LogP contribution in [0, 0.1) is 5.82 Å². The van der Waals surface area contributed by atoms with Crippen LogP contribution in [0.1, 0.15) is 0 Å². The molecule has 0 atom stereocenters. The number of aromatic nitrogens is 2. The van der Waals surface area contributed by atoms with Crippen molar-refractivity contribution in [2.75, 3.05) is 11.1 Å². The van der Waals surface area contributed by atoms with E-state index in [1.807, 2.05) is 29.0 Å². The maximum absolute atomic E-state index is 12.9. The Balaban J connectivity index is 1.64. The second-order valence-electron chi connectivity index (χ2n) is 4.90. The van der Waals surface area contributed by atoms with Crippen molar-refractivity contribution in [3.63, 3.8) is 0 Å². The van der Waals surface area contributed by atoms with Crippen LogP contribution in [0.15, 0.2) is 66.1 Å². The molecule has 1 amide bonds. The zero-order valence-electron chi connectivity index (χ0n) is 12.4. The highest BCUT2D eigenvalue weighted by Gasteiger charge is 2.09. The van der Waals surface area contributed by atoms with E-state index in [2.05, 4.69) is 10.3 Å². The van der Waals surface area contributed by atoms with Gasteiger partial charge in [0.2, 0.25) is 5.91 Å². The molecule has 0 spiro atoms. The van der Waals surface area contributed by atoms with Gasteiger partial charge in [0.25, 0.3) is 0 Å². The van der Waals surface area contributed by atoms with Crippen molar-refractivity contribution in [2.45, 2.75) is 5.16 Å². The summed E-state index contributed by atoms with van der Waals surface area (Å²) in [5.74, 6) is -0.340. The molecule has 0 aliphatic rings. The molecule has 1 N–H and O–H groups in total. The molecule has 1 aromatic heterocycles. The first-order valence-electron chi connectivity index (χ1n) is 7.09. The number of imidazole rings is 1. The molecule has 0 radical (unpaired) electrons. The highest BCUT2D eigenvalue weighted by atomic mass is 35.5. The van der Waals surface area contributed by atoms with E-state index in [-0.39, 0.29) is 17.5 Å². The zero-order valence-corrected chi connectivity index (χ0v) is 14.0. The van der Waals surface area contributed by atoms with Crippen molar-refractivity contribution in [3.05, 3.63) is 71.8 Å². The molecule has 3 rings (SSSR count). The lowest BCUT2D eigenvalue weighted by Crippen LogP contribution is -2.14. The van der Waals surface area contributed by atoms with Gasteiger partial charge in [-0.3, -0.25) is 9.36 Å². The fraction of sp³-hybridized carbons (Fsp3) is 0.0588. The van der Waals surface area contributed by atoms with E-state index in [9.17, 15) is 9.18 Å². The molecule has 3 aromatic rings. The zero-order chi connectivity index (χ0) is 16.9. The third-order valence-corrected chi connectivity index (χ3v) is 4.36. The molecule has 0 bridgehead atoms. The lowest BCUT2D eigenvalue weighted by atomic mass is 10.3. The minimum absolute atomic E-state index is 0.188. The Morgan fingerprint density at radius 1 is 1.25 bits per heavy atom. The summed E-state index contributed by atoms with van der Waals surface area (Å²) in [5, 5.41) is 4.03. The Hall–Kier alpha value is -2.31. The predicted octanol–water partition coefficient (Wildman–Crippen LogP) is 4.40. The third kappa shape index (κ3) is 4.15. The Labute approximate surface area is 147 Å². The molecule has 4 nitrogen and oxygen atoms in total. The molecule has 0 aliphatic heterocycles. The molecule has 0 unspecified atom stereocenters. The number of nitrogens with zero attached hydrogens (tertiary/aromatic N) is 2. The average molecular weight is 362 g/mol. The van der Waals surface area contributed by atoms with Crippen LogP contribution in [0.4, 0.5) is 10.1 Å². The van der Waals surface area contributed by atoms with Crippen LogP contribution < -0.4 is 5.32 Å². The van der Waals surface area contributed by atoms with Crippen LogP contribution in [-0.2, 0) is 4.79 Å². The lowest BCUT2D eigenvalue weighted by molar-refractivity contribution is -0.113. The van der Waals surface area contributed by atoms with Gasteiger partial charge in [0.15, 0.2) is 5.16 Å². The van der Waals surface area contributed by atoms with Gasteiger partial charge in [-0.15, -0.1) is 0 Å². The number of benzene rings is 2. The molecular weight excluding hydrogens is 349 g/mol. The second kappa shape index (κ2) is 7.51. The van der Waals surface area contributed by atoms with Crippen molar-refractivity contribution in [3.8, 4) is 5.69 Å². The summed E-state index contributed by atoms with van der Waals surface area (Å²) >= 11 is 7.32. The lowest BCUT2D eigenvalue weighted by Gasteiger charge is -2.08. The summed E-state index contributed by atoms with van der Waals surface area (Å²) in [4.78, 5) is 16.3. The normalized spacial score (nSPS) is 10.6. The molecular formula is C17H13ClFN3OS. The standard InChI is InChI=1S/C17H13ClFN3OS/c18-12-2-1-3-15(10-12)22-9-8-20-17(22)24-11-16(23)21-14-6-4-13(19)5-7-14/h1-10H,11H2,(H,21,23). The highest BCUT2D eigenvalue weighted by molar-refractivity contribution is 7.99. The van der Waals surface area contributed by atoms with Crippen molar-refractivity contribution < 1.29 is 9.18 Å². The second-order valence-corrected chi connectivity index (χ2v) is 6.28. The number of rotatable bonds is 5. The van der Waals surface area contributed by atoms with Gasteiger partial charge < -0.3 is 5.32 Å². The molecule has 0 saturated carbocycles. The fourth-order valence-corrected chi connectivity index (χ4v) is 3.04. The first kappa shape index (κ1) is 16.5. The summed E-state index contributed by atoms with van der Waals surface area (Å²) in [6.07, 6.45) is 3.48. The quantitative estimate of drug-likeness (QED) is 0.685. The molecule has 1 heterocycles. The summed E-state index contributed by atoms with van der Waals surface area (Å²) < 4.78 is 14.7. The molecule has 2 aromatic carbocycles. The summed E-state index contributed by atoms with van der Waals surface area (Å²) in [5.41, 5.74) is 1.43. The minimum atomic E-state index is -0.342. The van der Waals surface area contributed by atoms with Crippen LogP contribution in [0.5, 0.6) is 0 Å². The summed E-state index contributed by atoms with van der Waals surface area (Å²) in [7, 11) is 0. The number of anilines is 1. The Bertz CT molecular complexity index is 851. The van der Waals surface area contributed by atoms with Crippen molar-refractivity contribution in [2.24, 2.45) is 0 Å². The Morgan fingerprint density at radius 3 is 2.79 bits per heavy atom. The van der Waals surface area contributed by atoms with Gasteiger partial charge in [-0.2, -0.15) is 0 Å². The van der Waals surface area contributed by atoms with E-state index in [0.29, 0.717) is 15.9 Å². The van der Waals surface area contributed by atoms with E-state index in [4.69, 9.17) is 11.6 Å². The molecule has 122 valence electrons. The third-order valence-electron chi connectivity index (χ3n) is 3.15. The Morgan fingerprint density at radius 2 is 2.04 bits per heavy atom. The topological polar surface area (TPSA) is 46.9 Å². The number of nitrogens with one attached hydrogen (secondary N) is 1. The molecule has 7 heteroatoms. The number of hydrogen-bond donors (Lipinski definition) is 1. The maximum atomic E-state index is 12.9. The van der Waals surface area contributed by atoms with Gasteiger partial charge in [-0.05, 0) is 42.5 Å². The van der Waals surface area contributed by atoms with Crippen LogP contribution in [-0.4, -0.2) is 21.2 Å². The molecule has 0 fully saturated rings. The molecule has 0 aliphatic carbocycles. The number of halogens is 2. The number of amides is 1. The summed E-state index contributed by atoms with van der Waals surface area (Å²) in [6, 6.07) is 13.0. The number of carbonyl (C=O) groups excluding carboxylic acids is 1. The first-order chi connectivity index (χ1) is 11.6. The first-order valence-corrected chi connectivity index (χ1v) is 8.46. The highest BCUT2D eigenvalue weighted by Crippen LogP contribution is 2.22. The minimum Gasteiger partial charge on any atom is -0.325 e. The van der Waals surface area contributed by atoms with Gasteiger partial charge in [0, 0.05) is 28.8 Å². The van der Waals surface area contributed by atoms with E-state index < -0.39 is 0 Å². The van der Waals surface area contributed by atoms with Crippen LogP contribution in [0.2, 0.25) is 5.02 Å². The molecule has 0 saturated heterocycles. The number of hydrogen-bond acceptors (Lipinski definition) is 3. The van der Waals surface area contributed by atoms with Crippen LogP contribution in [0.25, 0.3) is 5.69 Å². The van der Waals surface area contributed by atoms with Gasteiger partial charge in [-0.1, -0.05) is 29.4 Å². The van der Waals surface area contributed by atoms with Gasteiger partial charge in [0.1, 0.15) is 5.82 Å². The number of carbonyl (C=O) groups is 1. The van der Waals surface area contributed by atoms with E-state index >= 15 is 0 Å². The predicted molar refractivity (Wildman–Crippen MR) is 94.3 cm³/mol. The molecule has 24 heavy (non-hydrogen) atoms. The van der Waals surface area contributed by atoms with Crippen molar-refractivity contribution in [1.29, 1.82) is 0 Å².